The van der Waals surface area contributed by atoms with Gasteiger partial charge in [-0.1, -0.05) is 6.07 Å². The lowest BCUT2D eigenvalue weighted by molar-refractivity contribution is 0.355. The van der Waals surface area contributed by atoms with E-state index in [1.807, 2.05) is 24.4 Å². The van der Waals surface area contributed by atoms with Gasteiger partial charge in [0.05, 0.1) is 30.8 Å². The molecular weight excluding hydrogens is 376 g/mol. The van der Waals surface area contributed by atoms with E-state index in [1.165, 1.54) is 7.11 Å². The average molecular weight is 394 g/mol. The van der Waals surface area contributed by atoms with Gasteiger partial charge in [0, 0.05) is 29.8 Å². The smallest absolute Gasteiger partial charge is 0.258 e. The Kier molecular flexibility index (Phi) is 4.79. The number of aromatic amines is 1. The Bertz CT molecular complexity index is 1200. The fraction of sp³-hybridized carbons (Fsp3) is 0.200. The summed E-state index contributed by atoms with van der Waals surface area (Å²) in [6.07, 6.45) is 2.24. The van der Waals surface area contributed by atoms with Gasteiger partial charge in [-0.2, -0.15) is 0 Å². The van der Waals surface area contributed by atoms with E-state index in [9.17, 15) is 4.79 Å². The molecule has 0 saturated carbocycles. The zero-order chi connectivity index (χ0) is 19.7. The maximum atomic E-state index is 12.5. The number of H-pyrrole nitrogens is 1. The van der Waals surface area contributed by atoms with Crippen molar-refractivity contribution in [2.75, 3.05) is 14.2 Å². The number of aryl methyl sites for hydroxylation is 1. The number of nitrogens with one attached hydrogen (secondary N) is 1. The summed E-state index contributed by atoms with van der Waals surface area (Å²) in [5.41, 5.74) is 3.09. The van der Waals surface area contributed by atoms with Crippen molar-refractivity contribution in [3.05, 3.63) is 63.3 Å². The molecule has 142 valence electrons. The quantitative estimate of drug-likeness (QED) is 0.558. The zero-order valence-electron chi connectivity index (χ0n) is 15.6. The van der Waals surface area contributed by atoms with E-state index in [-0.39, 0.29) is 5.56 Å². The van der Waals surface area contributed by atoms with Gasteiger partial charge in [-0.25, -0.2) is 9.97 Å². The lowest BCUT2D eigenvalue weighted by Crippen LogP contribution is -2.12. The van der Waals surface area contributed by atoms with Crippen LogP contribution in [0.2, 0.25) is 0 Å². The standard InChI is InChI=1S/C20H18N4O3S/c1-11-10-28-20(22-11)14-5-4-12(9-21-14)6-18-23-15-8-17(27-3)16(26-2)7-13(15)19(25)24-18/h4-5,7-10H,6H2,1-3H3,(H,23,24,25). The first-order chi connectivity index (χ1) is 13.6. The normalized spacial score (nSPS) is 11.0. The molecule has 4 aromatic rings. The second-order valence-electron chi connectivity index (χ2n) is 6.26. The highest BCUT2D eigenvalue weighted by atomic mass is 32.1. The van der Waals surface area contributed by atoms with Crippen molar-refractivity contribution >= 4 is 22.2 Å². The summed E-state index contributed by atoms with van der Waals surface area (Å²) in [7, 11) is 3.08. The van der Waals surface area contributed by atoms with Gasteiger partial charge in [0.25, 0.3) is 5.56 Å². The number of hydrogen-bond acceptors (Lipinski definition) is 7. The highest BCUT2D eigenvalue weighted by molar-refractivity contribution is 7.13. The van der Waals surface area contributed by atoms with Crippen LogP contribution in [0.25, 0.3) is 21.6 Å². The first-order valence-corrected chi connectivity index (χ1v) is 9.47. The Labute approximate surface area is 165 Å². The van der Waals surface area contributed by atoms with E-state index < -0.39 is 0 Å². The van der Waals surface area contributed by atoms with Crippen LogP contribution in [0.3, 0.4) is 0 Å². The van der Waals surface area contributed by atoms with Gasteiger partial charge >= 0.3 is 0 Å². The number of rotatable bonds is 5. The molecule has 0 spiro atoms. The van der Waals surface area contributed by atoms with E-state index in [2.05, 4.69) is 19.9 Å². The Morgan fingerprint density at radius 3 is 2.54 bits per heavy atom. The van der Waals surface area contributed by atoms with Gasteiger partial charge in [-0.15, -0.1) is 11.3 Å². The van der Waals surface area contributed by atoms with Gasteiger partial charge in [-0.05, 0) is 24.6 Å². The second kappa shape index (κ2) is 7.40. The van der Waals surface area contributed by atoms with Gasteiger partial charge in [0.1, 0.15) is 10.8 Å². The van der Waals surface area contributed by atoms with Gasteiger partial charge in [0.15, 0.2) is 11.5 Å². The summed E-state index contributed by atoms with van der Waals surface area (Å²) in [6.45, 7) is 1.96. The number of fused-ring (bicyclic) bond motifs is 1. The van der Waals surface area contributed by atoms with Crippen molar-refractivity contribution in [2.24, 2.45) is 0 Å². The molecule has 0 fully saturated rings. The molecule has 1 N–H and O–H groups in total. The second-order valence-corrected chi connectivity index (χ2v) is 7.12. The minimum Gasteiger partial charge on any atom is -0.493 e. The predicted molar refractivity (Wildman–Crippen MR) is 108 cm³/mol. The van der Waals surface area contributed by atoms with Gasteiger partial charge < -0.3 is 14.5 Å². The van der Waals surface area contributed by atoms with E-state index >= 15 is 0 Å². The highest BCUT2D eigenvalue weighted by Gasteiger charge is 2.12. The first-order valence-electron chi connectivity index (χ1n) is 8.59. The summed E-state index contributed by atoms with van der Waals surface area (Å²) < 4.78 is 10.6. The molecule has 0 amide bonds. The molecule has 0 bridgehead atoms. The van der Waals surface area contributed by atoms with Crippen LogP contribution in [0, 0.1) is 6.92 Å². The molecule has 4 rings (SSSR count). The minimum atomic E-state index is -0.219. The molecular formula is C20H18N4O3S. The van der Waals surface area contributed by atoms with Crippen molar-refractivity contribution in [3.8, 4) is 22.2 Å². The number of hydrogen-bond donors (Lipinski definition) is 1. The van der Waals surface area contributed by atoms with E-state index in [4.69, 9.17) is 9.47 Å². The lowest BCUT2D eigenvalue weighted by Gasteiger charge is -2.09. The zero-order valence-corrected chi connectivity index (χ0v) is 16.5. The Balaban J connectivity index is 1.65. The Hall–Kier alpha value is -3.26. The van der Waals surface area contributed by atoms with Gasteiger partial charge in [-0.3, -0.25) is 9.78 Å². The summed E-state index contributed by atoms with van der Waals surface area (Å²) in [5.74, 6) is 1.58. The van der Waals surface area contributed by atoms with E-state index in [1.54, 1.807) is 36.8 Å². The Morgan fingerprint density at radius 1 is 1.11 bits per heavy atom. The number of nitrogens with zero attached hydrogens (tertiary/aromatic N) is 3. The highest BCUT2D eigenvalue weighted by Crippen LogP contribution is 2.30. The molecule has 0 unspecified atom stereocenters. The molecule has 0 atom stereocenters. The first kappa shape index (κ1) is 18.1. The number of ether oxygens (including phenoxy) is 2. The number of thiazole rings is 1. The summed E-state index contributed by atoms with van der Waals surface area (Å²) in [6, 6.07) is 7.24. The molecule has 8 heteroatoms. The van der Waals surface area contributed by atoms with Crippen LogP contribution < -0.4 is 15.0 Å². The largest absolute Gasteiger partial charge is 0.493 e. The van der Waals surface area contributed by atoms with E-state index in [0.717, 1.165) is 22.0 Å². The fourth-order valence-corrected chi connectivity index (χ4v) is 3.69. The predicted octanol–water partition coefficient (Wildman–Crippen LogP) is 3.36. The monoisotopic (exact) mass is 394 g/mol. The van der Waals surface area contributed by atoms with Crippen LogP contribution in [-0.2, 0) is 6.42 Å². The molecule has 0 saturated heterocycles. The number of pyridine rings is 1. The molecule has 0 radical (unpaired) electrons. The molecule has 0 aliphatic carbocycles. The van der Waals surface area contributed by atoms with Crippen molar-refractivity contribution in [1.82, 2.24) is 19.9 Å². The maximum absolute atomic E-state index is 12.5. The van der Waals surface area contributed by atoms with E-state index in [0.29, 0.717) is 34.6 Å². The SMILES string of the molecule is COc1cc2nc(Cc3ccc(-c4nc(C)cs4)nc3)[nH]c(=O)c2cc1OC. The van der Waals surface area contributed by atoms with Crippen LogP contribution in [-0.4, -0.2) is 34.2 Å². The summed E-state index contributed by atoms with van der Waals surface area (Å²) in [5, 5.41) is 3.34. The third-order valence-corrected chi connectivity index (χ3v) is 5.28. The van der Waals surface area contributed by atoms with Crippen LogP contribution in [0.5, 0.6) is 11.5 Å². The number of methoxy groups -OCH3 is 2. The minimum absolute atomic E-state index is 0.219. The molecule has 3 aromatic heterocycles. The molecule has 0 aliphatic heterocycles. The van der Waals surface area contributed by atoms with Crippen LogP contribution in [0.15, 0.2) is 40.6 Å². The topological polar surface area (TPSA) is 90.0 Å². The van der Waals surface area contributed by atoms with Crippen LogP contribution in [0.1, 0.15) is 17.1 Å². The van der Waals surface area contributed by atoms with Crippen molar-refractivity contribution < 1.29 is 9.47 Å². The molecule has 0 aliphatic rings. The molecule has 28 heavy (non-hydrogen) atoms. The van der Waals surface area contributed by atoms with Crippen LogP contribution >= 0.6 is 11.3 Å². The van der Waals surface area contributed by atoms with Crippen LogP contribution in [0.4, 0.5) is 0 Å². The lowest BCUT2D eigenvalue weighted by atomic mass is 10.1. The number of benzene rings is 1. The van der Waals surface area contributed by atoms with Crippen molar-refractivity contribution in [2.45, 2.75) is 13.3 Å². The number of aromatic nitrogens is 4. The summed E-state index contributed by atoms with van der Waals surface area (Å²) in [4.78, 5) is 28.8. The maximum Gasteiger partial charge on any atom is 0.258 e. The average Bonchev–Trinajstić information content (AvgIpc) is 3.14. The van der Waals surface area contributed by atoms with Crippen molar-refractivity contribution in [3.63, 3.8) is 0 Å². The fourth-order valence-electron chi connectivity index (χ4n) is 2.92. The molecule has 3 heterocycles. The summed E-state index contributed by atoms with van der Waals surface area (Å²) >= 11 is 1.57. The third kappa shape index (κ3) is 3.46. The Morgan fingerprint density at radius 2 is 1.89 bits per heavy atom. The van der Waals surface area contributed by atoms with Gasteiger partial charge in [0.2, 0.25) is 0 Å². The molecule has 1 aromatic carbocycles. The van der Waals surface area contributed by atoms with Crippen molar-refractivity contribution in [1.29, 1.82) is 0 Å². The molecule has 7 nitrogen and oxygen atoms in total. The third-order valence-electron chi connectivity index (χ3n) is 4.29.